The van der Waals surface area contributed by atoms with Gasteiger partial charge >= 0.3 is 0 Å². The monoisotopic (exact) mass is 428 g/mol. The Morgan fingerprint density at radius 1 is 0.969 bits per heavy atom. The van der Waals surface area contributed by atoms with Crippen molar-refractivity contribution >= 4 is 22.6 Å². The van der Waals surface area contributed by atoms with Gasteiger partial charge in [-0.25, -0.2) is 4.98 Å². The number of fused-ring (bicyclic) bond motifs is 1. The molecule has 7 nitrogen and oxygen atoms in total. The summed E-state index contributed by atoms with van der Waals surface area (Å²) in [7, 11) is 0. The molecule has 0 bridgehead atoms. The normalized spacial score (nSPS) is 12.9. The molecule has 0 aliphatic carbocycles. The maximum atomic E-state index is 13.0. The van der Waals surface area contributed by atoms with E-state index in [0.717, 1.165) is 21.9 Å². The summed E-state index contributed by atoms with van der Waals surface area (Å²) in [4.78, 5) is 28.8. The molecule has 0 aliphatic rings. The zero-order chi connectivity index (χ0) is 22.5. The number of amides is 2. The molecule has 4 rings (SSSR count). The first-order chi connectivity index (χ1) is 15.5. The fourth-order valence-corrected chi connectivity index (χ4v) is 3.72. The lowest BCUT2D eigenvalue weighted by molar-refractivity contribution is -0.127. The predicted molar refractivity (Wildman–Crippen MR) is 122 cm³/mol. The molecule has 2 unspecified atom stereocenters. The molecule has 2 atom stereocenters. The number of aliphatic hydroxyl groups excluding tert-OH is 1. The van der Waals surface area contributed by atoms with Crippen LogP contribution in [0.3, 0.4) is 0 Å². The highest BCUT2D eigenvalue weighted by Gasteiger charge is 2.27. The fraction of sp³-hybridized carbons (Fsp3) is 0.160. The number of nitrogens with zero attached hydrogens (tertiary/aromatic N) is 2. The second kappa shape index (κ2) is 9.45. The van der Waals surface area contributed by atoms with Crippen molar-refractivity contribution in [2.75, 3.05) is 0 Å². The molecule has 0 saturated heterocycles. The zero-order valence-corrected chi connectivity index (χ0v) is 17.4. The predicted octanol–water partition coefficient (Wildman–Crippen LogP) is 2.27. The number of hydrogen-bond acceptors (Lipinski definition) is 4. The van der Waals surface area contributed by atoms with E-state index in [1.807, 2.05) is 66.7 Å². The number of imidazole rings is 1. The van der Waals surface area contributed by atoms with E-state index in [0.29, 0.717) is 12.2 Å². The Labute approximate surface area is 185 Å². The van der Waals surface area contributed by atoms with Crippen molar-refractivity contribution < 1.29 is 14.7 Å². The third-order valence-corrected chi connectivity index (χ3v) is 5.40. The number of aliphatic hydroxyl groups is 1. The number of rotatable bonds is 8. The van der Waals surface area contributed by atoms with Gasteiger partial charge in [-0.05, 0) is 34.4 Å². The van der Waals surface area contributed by atoms with Gasteiger partial charge in [0, 0.05) is 6.54 Å². The van der Waals surface area contributed by atoms with Crippen molar-refractivity contribution in [2.24, 2.45) is 5.73 Å². The lowest BCUT2D eigenvalue weighted by atomic mass is 10.0. The molecule has 0 saturated carbocycles. The maximum Gasteiger partial charge on any atom is 0.269 e. The number of aromatic nitrogens is 2. The molecule has 1 heterocycles. The van der Waals surface area contributed by atoms with E-state index in [2.05, 4.69) is 16.4 Å². The van der Waals surface area contributed by atoms with Crippen molar-refractivity contribution in [1.29, 1.82) is 0 Å². The average Bonchev–Trinajstić information content (AvgIpc) is 3.27. The van der Waals surface area contributed by atoms with Gasteiger partial charge in [-0.3, -0.25) is 9.59 Å². The van der Waals surface area contributed by atoms with Crippen LogP contribution in [0.5, 0.6) is 0 Å². The molecule has 0 spiro atoms. The molecular weight excluding hydrogens is 404 g/mol. The first-order valence-electron chi connectivity index (χ1n) is 10.3. The van der Waals surface area contributed by atoms with E-state index in [1.54, 1.807) is 10.9 Å². The van der Waals surface area contributed by atoms with Gasteiger partial charge in [-0.2, -0.15) is 0 Å². The van der Waals surface area contributed by atoms with E-state index < -0.39 is 24.0 Å². The van der Waals surface area contributed by atoms with Crippen LogP contribution in [0.1, 0.15) is 21.6 Å². The van der Waals surface area contributed by atoms with Crippen LogP contribution in [0.4, 0.5) is 0 Å². The van der Waals surface area contributed by atoms with Crippen LogP contribution in [0.2, 0.25) is 0 Å². The summed E-state index contributed by atoms with van der Waals surface area (Å²) in [6.07, 6.45) is 1.79. The first-order valence-corrected chi connectivity index (χ1v) is 10.3. The molecule has 162 valence electrons. The molecule has 1 aromatic heterocycles. The van der Waals surface area contributed by atoms with Crippen LogP contribution in [0.25, 0.3) is 10.8 Å². The van der Waals surface area contributed by atoms with Crippen molar-refractivity contribution in [1.82, 2.24) is 14.9 Å². The highest BCUT2D eigenvalue weighted by atomic mass is 16.3. The number of hydrogen-bond donors (Lipinski definition) is 3. The number of primary amides is 1. The lowest BCUT2D eigenvalue weighted by Crippen LogP contribution is -2.50. The van der Waals surface area contributed by atoms with Crippen LogP contribution in [0.15, 0.2) is 85.3 Å². The van der Waals surface area contributed by atoms with Gasteiger partial charge < -0.3 is 20.7 Å². The Bertz CT molecular complexity index is 1240. The second-order valence-electron chi connectivity index (χ2n) is 7.71. The van der Waals surface area contributed by atoms with E-state index in [-0.39, 0.29) is 6.42 Å². The number of carbonyl (C=O) groups is 2. The van der Waals surface area contributed by atoms with E-state index in [1.165, 1.54) is 6.20 Å². The molecule has 3 aromatic carbocycles. The van der Waals surface area contributed by atoms with Crippen molar-refractivity contribution in [2.45, 2.75) is 25.1 Å². The van der Waals surface area contributed by atoms with Gasteiger partial charge in [0.2, 0.25) is 5.91 Å². The van der Waals surface area contributed by atoms with Gasteiger partial charge in [-0.15, -0.1) is 0 Å². The lowest BCUT2D eigenvalue weighted by Gasteiger charge is -2.22. The Morgan fingerprint density at radius 2 is 1.69 bits per heavy atom. The summed E-state index contributed by atoms with van der Waals surface area (Å²) in [5.74, 6) is -1.33. The molecular formula is C25H24N4O3. The molecule has 2 amide bonds. The molecule has 0 aliphatic heterocycles. The minimum atomic E-state index is -1.52. The van der Waals surface area contributed by atoms with Crippen LogP contribution < -0.4 is 11.1 Å². The largest absolute Gasteiger partial charge is 0.381 e. The Kier molecular flexibility index (Phi) is 6.28. The van der Waals surface area contributed by atoms with E-state index >= 15 is 0 Å². The van der Waals surface area contributed by atoms with E-state index in [4.69, 9.17) is 5.73 Å². The Hall–Kier alpha value is -3.97. The summed E-state index contributed by atoms with van der Waals surface area (Å²) in [6.45, 7) is 0.454. The SMILES string of the molecule is NC(=O)C(O)C(Cc1ccccc1)NC(=O)c1cncn1Cc1ccc2ccccc2c1. The first kappa shape index (κ1) is 21.3. The summed E-state index contributed by atoms with van der Waals surface area (Å²) >= 11 is 0. The Balaban J connectivity index is 1.53. The maximum absolute atomic E-state index is 13.0. The number of benzene rings is 3. The summed E-state index contributed by atoms with van der Waals surface area (Å²) in [6, 6.07) is 22.6. The fourth-order valence-electron chi connectivity index (χ4n) is 3.72. The minimum Gasteiger partial charge on any atom is -0.381 e. The van der Waals surface area contributed by atoms with Gasteiger partial charge in [0.1, 0.15) is 5.69 Å². The van der Waals surface area contributed by atoms with Gasteiger partial charge in [0.15, 0.2) is 6.10 Å². The topological polar surface area (TPSA) is 110 Å². The smallest absolute Gasteiger partial charge is 0.269 e. The number of nitrogens with two attached hydrogens (primary N) is 1. The van der Waals surface area contributed by atoms with Crippen LogP contribution in [0, 0.1) is 0 Å². The molecule has 0 fully saturated rings. The van der Waals surface area contributed by atoms with E-state index in [9.17, 15) is 14.7 Å². The van der Waals surface area contributed by atoms with Crippen LogP contribution >= 0.6 is 0 Å². The van der Waals surface area contributed by atoms with Crippen LogP contribution in [-0.2, 0) is 17.8 Å². The molecule has 32 heavy (non-hydrogen) atoms. The van der Waals surface area contributed by atoms with Crippen LogP contribution in [-0.4, -0.2) is 38.6 Å². The number of nitrogens with one attached hydrogen (secondary N) is 1. The molecule has 7 heteroatoms. The summed E-state index contributed by atoms with van der Waals surface area (Å²) in [5, 5.41) is 15.3. The summed E-state index contributed by atoms with van der Waals surface area (Å²) < 4.78 is 1.73. The van der Waals surface area contributed by atoms with Crippen molar-refractivity contribution in [3.05, 3.63) is 102 Å². The standard InChI is InChI=1S/C25H24N4O3/c26-24(31)23(30)21(13-17-6-2-1-3-7-17)28-25(32)22-14-27-16-29(22)15-18-10-11-19-8-4-5-9-20(19)12-18/h1-12,14,16,21,23,30H,13,15H2,(H2,26,31)(H,28,32). The quantitative estimate of drug-likeness (QED) is 0.400. The molecule has 4 N–H and O–H groups in total. The number of carbonyl (C=O) groups excluding carboxylic acids is 2. The highest BCUT2D eigenvalue weighted by Crippen LogP contribution is 2.17. The van der Waals surface area contributed by atoms with Gasteiger partial charge in [0.25, 0.3) is 5.91 Å². The van der Waals surface area contributed by atoms with Gasteiger partial charge in [0.05, 0.1) is 18.6 Å². The third-order valence-electron chi connectivity index (χ3n) is 5.40. The highest BCUT2D eigenvalue weighted by molar-refractivity contribution is 5.93. The van der Waals surface area contributed by atoms with Crippen molar-refractivity contribution in [3.8, 4) is 0 Å². The Morgan fingerprint density at radius 3 is 2.44 bits per heavy atom. The molecule has 0 radical (unpaired) electrons. The molecule has 4 aromatic rings. The summed E-state index contributed by atoms with van der Waals surface area (Å²) in [5.41, 5.74) is 7.52. The second-order valence-corrected chi connectivity index (χ2v) is 7.71. The minimum absolute atomic E-state index is 0.259. The average molecular weight is 428 g/mol. The zero-order valence-electron chi connectivity index (χ0n) is 17.4. The van der Waals surface area contributed by atoms with Crippen molar-refractivity contribution in [3.63, 3.8) is 0 Å². The third kappa shape index (κ3) is 4.84. The van der Waals surface area contributed by atoms with Gasteiger partial charge in [-0.1, -0.05) is 66.7 Å².